The Morgan fingerprint density at radius 3 is 0.939 bits per heavy atom. The summed E-state index contributed by atoms with van der Waals surface area (Å²) < 4.78 is 28.8. The van der Waals surface area contributed by atoms with Gasteiger partial charge in [-0.2, -0.15) is 0 Å². The van der Waals surface area contributed by atoms with Crippen molar-refractivity contribution in [2.75, 3.05) is 6.61 Å². The lowest BCUT2D eigenvalue weighted by Crippen LogP contribution is -2.50. The van der Waals surface area contributed by atoms with E-state index in [0.29, 0.717) is 67.1 Å². The molecule has 0 bridgehead atoms. The molecular weight excluding hydrogens is 1830 g/mol. The number of carbonyl (C=O) groups is 4. The maximum Gasteiger partial charge on any atom is 0.330 e. The number of ether oxygens (including phenoxy) is 5. The summed E-state index contributed by atoms with van der Waals surface area (Å²) in [4.78, 5) is 58.0. The second-order valence-corrected chi connectivity index (χ2v) is 42.5. The number of cyclic esters (lactones) is 3. The van der Waals surface area contributed by atoms with Crippen LogP contribution < -0.4 is 11.5 Å². The summed E-state index contributed by atoms with van der Waals surface area (Å²) in [7, 11) is 0. The van der Waals surface area contributed by atoms with Crippen molar-refractivity contribution in [3.05, 3.63) is 445 Å². The van der Waals surface area contributed by atoms with Crippen molar-refractivity contribution in [2.24, 2.45) is 64.7 Å². The smallest absolute Gasteiger partial charge is 0.330 e. The normalized spacial score (nSPS) is 18.7. The molecule has 16 heteroatoms. The molecule has 5 N–H and O–H groups in total. The quantitative estimate of drug-likeness (QED) is 0.0141. The summed E-state index contributed by atoms with van der Waals surface area (Å²) in [6.07, 6.45) is 17.6. The first-order valence-corrected chi connectivity index (χ1v) is 54.1. The van der Waals surface area contributed by atoms with E-state index in [-0.39, 0.29) is 90.6 Å². The van der Waals surface area contributed by atoms with E-state index in [4.69, 9.17) is 35.2 Å². The third kappa shape index (κ3) is 41.1. The second kappa shape index (κ2) is 64.4. The summed E-state index contributed by atoms with van der Waals surface area (Å²) >= 11 is 0. The number of hydrogen-bond donors (Lipinski definition) is 3. The van der Waals surface area contributed by atoms with Crippen LogP contribution in [0, 0.1) is 53.3 Å². The number of aliphatic hydroxyl groups excluding tert-OH is 1. The summed E-state index contributed by atoms with van der Waals surface area (Å²) in [6.45, 7) is 44.7. The Balaban J connectivity index is 0.000000184. The molecule has 3 saturated heterocycles. The van der Waals surface area contributed by atoms with Gasteiger partial charge in [-0.15, -0.1) is 13.2 Å². The van der Waals surface area contributed by atoms with Gasteiger partial charge in [0.25, 0.3) is 0 Å². The number of esters is 4. The lowest BCUT2D eigenvalue weighted by Gasteiger charge is -2.42. The molecule has 0 aromatic heterocycles. The molecule has 4 aliphatic rings. The molecule has 0 spiro atoms. The van der Waals surface area contributed by atoms with Gasteiger partial charge in [-0.05, 0) is 166 Å². The minimum Gasteiger partial charge on any atom is -0.461 e. The zero-order valence-electron chi connectivity index (χ0n) is 90.3. The molecule has 15 rings (SSSR count). The number of rotatable bonds is 44. The van der Waals surface area contributed by atoms with Crippen LogP contribution in [-0.4, -0.2) is 128 Å². The molecule has 0 saturated carbocycles. The van der Waals surface area contributed by atoms with Gasteiger partial charge in [0.05, 0.1) is 12.2 Å². The molecule has 16 nitrogen and oxygen atoms in total. The van der Waals surface area contributed by atoms with Crippen molar-refractivity contribution in [1.82, 2.24) is 19.6 Å². The van der Waals surface area contributed by atoms with Crippen LogP contribution >= 0.6 is 0 Å². The van der Waals surface area contributed by atoms with Gasteiger partial charge in [0.15, 0.2) is 0 Å². The number of hydrogen-bond acceptors (Lipinski definition) is 16. The predicted molar refractivity (Wildman–Crippen MR) is 606 cm³/mol. The maximum absolute atomic E-state index is 12.7. The van der Waals surface area contributed by atoms with Crippen molar-refractivity contribution in [3.63, 3.8) is 0 Å². The van der Waals surface area contributed by atoms with Crippen LogP contribution in [0.25, 0.3) is 0 Å². The SMILES string of the molecule is C=CCC(O)[C@@H](C(C)C)N(Cc1ccccc1)Cc1ccccc1.C=CCC(OC(=O)C=C)[C@H](C(C)C)N(Cc1ccccc1)Cc1ccccc1.CC(C)[C@@H](C1CC(Cc2ccccc2)CC(=O)O1)N(Cc1ccccc1)Cc1ccccc1.CC(C)[C@H](C1CC=CC(=O)O1)N(Cc1ccccc1)Cc1ccccc1.CC(C)[C@H](N)C1CC(Cc2ccccc2)CC(=O)O1.CC(C)[C@H](N)C1CC(Cc2ccccc2)CCO1. The Kier molecular flexibility index (Phi) is 51.2. The first-order chi connectivity index (χ1) is 71.6. The van der Waals surface area contributed by atoms with Gasteiger partial charge in [-0.1, -0.05) is 442 Å². The second-order valence-electron chi connectivity index (χ2n) is 42.5. The minimum absolute atomic E-state index is 0.0438. The van der Waals surface area contributed by atoms with Crippen molar-refractivity contribution in [3.8, 4) is 0 Å². The summed E-state index contributed by atoms with van der Waals surface area (Å²) in [5.41, 5.74) is 26.5. The highest BCUT2D eigenvalue weighted by atomic mass is 16.6. The van der Waals surface area contributed by atoms with E-state index in [2.05, 4.69) is 395 Å². The van der Waals surface area contributed by atoms with Crippen molar-refractivity contribution in [2.45, 2.75) is 285 Å². The molecule has 0 aliphatic carbocycles. The average molecular weight is 2000 g/mol. The third-order valence-corrected chi connectivity index (χ3v) is 28.4. The van der Waals surface area contributed by atoms with Crippen molar-refractivity contribution >= 4 is 23.9 Å². The van der Waals surface area contributed by atoms with Gasteiger partial charge in [-0.3, -0.25) is 29.2 Å². The third-order valence-electron chi connectivity index (χ3n) is 28.4. The van der Waals surface area contributed by atoms with Crippen LogP contribution in [0.5, 0.6) is 0 Å². The van der Waals surface area contributed by atoms with E-state index in [9.17, 15) is 24.3 Å². The van der Waals surface area contributed by atoms with Gasteiger partial charge >= 0.3 is 23.9 Å². The van der Waals surface area contributed by atoms with E-state index < -0.39 is 12.1 Å². The van der Waals surface area contributed by atoms with Gasteiger partial charge in [-0.25, -0.2) is 9.59 Å². The van der Waals surface area contributed by atoms with Crippen LogP contribution in [0.15, 0.2) is 384 Å². The highest BCUT2D eigenvalue weighted by molar-refractivity contribution is 5.83. The predicted octanol–water partition coefficient (Wildman–Crippen LogP) is 26.4. The summed E-state index contributed by atoms with van der Waals surface area (Å²) in [5.74, 6) is 2.77. The molecule has 788 valence electrons. The number of aliphatic hydroxyl groups is 1. The van der Waals surface area contributed by atoms with E-state index in [1.54, 1.807) is 0 Å². The fraction of sp³-hybridized carbons (Fsp3) is 0.409. The Hall–Kier alpha value is -12.1. The molecule has 11 aromatic carbocycles. The lowest BCUT2D eigenvalue weighted by molar-refractivity contribution is -0.164. The molecule has 4 heterocycles. The topological polar surface area (TPSA) is 200 Å². The Morgan fingerprint density at radius 2 is 0.635 bits per heavy atom. The van der Waals surface area contributed by atoms with Crippen LogP contribution in [0.4, 0.5) is 0 Å². The summed E-state index contributed by atoms with van der Waals surface area (Å²) in [5, 5.41) is 10.7. The molecule has 15 atom stereocenters. The minimum atomic E-state index is -0.407. The standard InChI is InChI=1S/C30H35NO2.C25H31NO2.C23H27NO2.C22H29NO.C16H23NO2.C16H25NO/c1-23(2)30(28-19-27(20-29(32)33-28)18-24-12-6-3-7-13-24)31(21-25-14-8-4-9-15-25)22-26-16-10-5-11-17-26;1-5-13-23(28-24(27)6-2)25(20(3)4)26(18-21-14-9-7-10-15-21)19-22-16-11-8-12-17-22;1-18(2)23(21-14-9-15-22(25)26-21)24(16-19-10-5-3-6-11-19)17-20-12-7-4-8-13-20;1-4-11-21(24)22(18(2)3)23(16-19-12-7-5-8-13-19)17-20-14-9-6-10-15-20;1-11(2)16(17)14-9-13(10-15(18)19-14)8-12-6-4-3-5-7-12;1-12(2)16(17)15-11-14(8-9-18-15)10-13-6-4-3-5-7-13/h3-17,23,27-28,30H,18-22H2,1-2H3;5-12,14-17,20,23,25H,1-2,13,18-19H2,3-4H3;3-13,15,18,21,23H,14,16-17H2,1-2H3;4-10,12-15,18,21-22,24H,1,11,16-17H2,2-3H3;3-7,11,13-14,16H,8-10,17H2,1-2H3;3-7,12,14-16H,8-11,17H2,1-2H3/t27?,28?,30-;23?,25-;21?,23-;21?,22-;13?,14?,16-;14?,15?,16-/m001100/s1. The van der Waals surface area contributed by atoms with Gasteiger partial charge < -0.3 is 40.3 Å². The number of nitrogens with zero attached hydrogens (tertiary/aromatic N) is 4. The maximum atomic E-state index is 12.7. The first kappa shape index (κ1) is 118. The molecule has 11 aromatic rings. The van der Waals surface area contributed by atoms with Crippen LogP contribution in [0.1, 0.15) is 202 Å². The van der Waals surface area contributed by atoms with E-state index in [1.165, 1.54) is 73.4 Å². The Morgan fingerprint density at radius 1 is 0.351 bits per heavy atom. The van der Waals surface area contributed by atoms with E-state index in [1.807, 2.05) is 78.9 Å². The fourth-order valence-electron chi connectivity index (χ4n) is 21.3. The molecule has 0 radical (unpaired) electrons. The monoisotopic (exact) mass is 2000 g/mol. The van der Waals surface area contributed by atoms with Crippen molar-refractivity contribution in [1.29, 1.82) is 0 Å². The van der Waals surface area contributed by atoms with E-state index >= 15 is 0 Å². The molecule has 3 fully saturated rings. The average Bonchev–Trinajstić information content (AvgIpc) is 0.805. The Labute approximate surface area is 887 Å². The highest BCUT2D eigenvalue weighted by Crippen LogP contribution is 2.37. The molecule has 0 amide bonds. The number of benzene rings is 11. The molecular formula is C132H170N6O10. The van der Waals surface area contributed by atoms with Crippen LogP contribution in [0.2, 0.25) is 0 Å². The first-order valence-electron chi connectivity index (χ1n) is 54.1. The van der Waals surface area contributed by atoms with Crippen LogP contribution in [0.3, 0.4) is 0 Å². The zero-order chi connectivity index (χ0) is 106. The number of carbonyl (C=O) groups excluding carboxylic acids is 4. The largest absolute Gasteiger partial charge is 0.461 e. The van der Waals surface area contributed by atoms with Gasteiger partial charge in [0.1, 0.15) is 24.4 Å². The molecule has 9 unspecified atom stereocenters. The van der Waals surface area contributed by atoms with Gasteiger partial charge in [0, 0.05) is 133 Å². The van der Waals surface area contributed by atoms with E-state index in [0.717, 1.165) is 116 Å². The molecule has 148 heavy (non-hydrogen) atoms. The highest BCUT2D eigenvalue weighted by Gasteiger charge is 2.41. The van der Waals surface area contributed by atoms with Gasteiger partial charge in [0.2, 0.25) is 0 Å². The fourth-order valence-corrected chi connectivity index (χ4v) is 21.3. The summed E-state index contributed by atoms with van der Waals surface area (Å²) in [6, 6.07) is 116. The zero-order valence-corrected chi connectivity index (χ0v) is 90.3. The Bertz CT molecular complexity index is 5390. The van der Waals surface area contributed by atoms with Crippen molar-refractivity contribution < 1.29 is 48.0 Å². The van der Waals surface area contributed by atoms with Crippen LogP contribution in [-0.2, 0) is 114 Å². The molecule has 4 aliphatic heterocycles. The number of nitrogens with two attached hydrogens (primary N) is 2. The lowest BCUT2D eigenvalue weighted by atomic mass is 9.83.